The Balaban J connectivity index is 1.83. The third-order valence-corrected chi connectivity index (χ3v) is 4.03. The van der Waals surface area contributed by atoms with Crippen LogP contribution in [0, 0.1) is 0 Å². The van der Waals surface area contributed by atoms with Crippen molar-refractivity contribution >= 4 is 21.6 Å². The van der Waals surface area contributed by atoms with Gasteiger partial charge in [0.2, 0.25) is 0 Å². The third-order valence-electron chi connectivity index (χ3n) is 3.50. The van der Waals surface area contributed by atoms with Crippen molar-refractivity contribution in [2.24, 2.45) is 0 Å². The molecule has 1 fully saturated rings. The number of ether oxygens (including phenoxy) is 2. The highest BCUT2D eigenvalue weighted by Crippen LogP contribution is 2.19. The van der Waals surface area contributed by atoms with Gasteiger partial charge in [-0.2, -0.15) is 0 Å². The molecule has 0 atom stereocenters. The molecule has 0 unspecified atom stereocenters. The largest absolute Gasteiger partial charge is 0.369 e. The Bertz CT molecular complexity index is 374. The van der Waals surface area contributed by atoms with Gasteiger partial charge in [-0.05, 0) is 24.3 Å². The summed E-state index contributed by atoms with van der Waals surface area (Å²) in [6.07, 6.45) is -0.126. The van der Waals surface area contributed by atoms with Gasteiger partial charge in [0.1, 0.15) is 0 Å². The average molecular weight is 329 g/mol. The van der Waals surface area contributed by atoms with E-state index in [0.717, 1.165) is 37.2 Å². The van der Waals surface area contributed by atoms with Crippen LogP contribution in [-0.4, -0.2) is 58.1 Å². The Morgan fingerprint density at radius 3 is 2.16 bits per heavy atom. The first-order chi connectivity index (χ1) is 9.22. The summed E-state index contributed by atoms with van der Waals surface area (Å²) in [6, 6.07) is 8.50. The van der Waals surface area contributed by atoms with E-state index in [1.165, 1.54) is 5.69 Å². The highest BCUT2D eigenvalue weighted by molar-refractivity contribution is 9.10. The number of halogens is 1. The second-order valence-electron chi connectivity index (χ2n) is 4.67. The van der Waals surface area contributed by atoms with Gasteiger partial charge in [0.25, 0.3) is 0 Å². The molecule has 0 amide bonds. The van der Waals surface area contributed by atoms with E-state index in [9.17, 15) is 0 Å². The van der Waals surface area contributed by atoms with Crippen LogP contribution in [0.2, 0.25) is 0 Å². The molecule has 1 aliphatic heterocycles. The Morgan fingerprint density at radius 1 is 1.05 bits per heavy atom. The first-order valence-corrected chi connectivity index (χ1v) is 7.30. The van der Waals surface area contributed by atoms with Gasteiger partial charge < -0.3 is 14.4 Å². The normalized spacial score (nSPS) is 17.2. The van der Waals surface area contributed by atoms with Gasteiger partial charge in [0.15, 0.2) is 6.29 Å². The molecule has 0 spiro atoms. The third kappa shape index (κ3) is 4.18. The zero-order valence-corrected chi connectivity index (χ0v) is 13.1. The van der Waals surface area contributed by atoms with Crippen LogP contribution >= 0.6 is 15.9 Å². The molecule has 0 saturated carbocycles. The molecule has 1 aromatic carbocycles. The number of methoxy groups -OCH3 is 2. The van der Waals surface area contributed by atoms with Crippen molar-refractivity contribution in [3.05, 3.63) is 28.7 Å². The van der Waals surface area contributed by atoms with Crippen molar-refractivity contribution < 1.29 is 9.47 Å². The molecule has 19 heavy (non-hydrogen) atoms. The molecule has 1 aliphatic rings. The fourth-order valence-electron chi connectivity index (χ4n) is 2.30. The second-order valence-corrected chi connectivity index (χ2v) is 5.58. The highest BCUT2D eigenvalue weighted by atomic mass is 79.9. The minimum Gasteiger partial charge on any atom is -0.369 e. The van der Waals surface area contributed by atoms with Crippen LogP contribution in [-0.2, 0) is 9.47 Å². The van der Waals surface area contributed by atoms with E-state index in [1.807, 2.05) is 0 Å². The average Bonchev–Trinajstić information content (AvgIpc) is 2.46. The number of hydrogen-bond acceptors (Lipinski definition) is 4. The van der Waals surface area contributed by atoms with Crippen LogP contribution in [0.3, 0.4) is 0 Å². The molecule has 0 radical (unpaired) electrons. The molecular formula is C14H21BrN2O2. The van der Waals surface area contributed by atoms with E-state index in [-0.39, 0.29) is 6.29 Å². The van der Waals surface area contributed by atoms with Gasteiger partial charge >= 0.3 is 0 Å². The lowest BCUT2D eigenvalue weighted by atomic mass is 10.2. The zero-order chi connectivity index (χ0) is 13.7. The van der Waals surface area contributed by atoms with E-state index in [4.69, 9.17) is 9.47 Å². The van der Waals surface area contributed by atoms with Crippen molar-refractivity contribution in [2.75, 3.05) is 51.8 Å². The number of piperazine rings is 1. The van der Waals surface area contributed by atoms with Crippen LogP contribution < -0.4 is 4.90 Å². The summed E-state index contributed by atoms with van der Waals surface area (Å²) in [5, 5.41) is 0. The van der Waals surface area contributed by atoms with Gasteiger partial charge in [-0.25, -0.2) is 0 Å². The van der Waals surface area contributed by atoms with E-state index < -0.39 is 0 Å². The monoisotopic (exact) mass is 328 g/mol. The van der Waals surface area contributed by atoms with Crippen molar-refractivity contribution in [2.45, 2.75) is 6.29 Å². The molecule has 1 aromatic rings. The molecule has 106 valence electrons. The van der Waals surface area contributed by atoms with Crippen LogP contribution in [0.4, 0.5) is 5.69 Å². The molecule has 5 heteroatoms. The van der Waals surface area contributed by atoms with Crippen LogP contribution in [0.15, 0.2) is 28.7 Å². The van der Waals surface area contributed by atoms with Crippen molar-refractivity contribution in [3.8, 4) is 0 Å². The first kappa shape index (κ1) is 14.8. The topological polar surface area (TPSA) is 24.9 Å². The minimum absolute atomic E-state index is 0.126. The van der Waals surface area contributed by atoms with Crippen molar-refractivity contribution in [3.63, 3.8) is 0 Å². The Labute approximate surface area is 123 Å². The number of nitrogens with zero attached hydrogens (tertiary/aromatic N) is 2. The molecule has 0 N–H and O–H groups in total. The predicted octanol–water partition coefficient (Wildman–Crippen LogP) is 2.19. The maximum atomic E-state index is 5.24. The molecule has 2 rings (SSSR count). The SMILES string of the molecule is COC(CN1CCN(c2ccc(Br)cc2)CC1)OC. The molecule has 0 bridgehead atoms. The van der Waals surface area contributed by atoms with Crippen LogP contribution in [0.1, 0.15) is 0 Å². The summed E-state index contributed by atoms with van der Waals surface area (Å²) in [5.74, 6) is 0. The van der Waals surface area contributed by atoms with Crippen molar-refractivity contribution in [1.29, 1.82) is 0 Å². The standard InChI is InChI=1S/C14H21BrN2O2/c1-18-14(19-2)11-16-7-9-17(10-8-16)13-5-3-12(15)4-6-13/h3-6,14H,7-11H2,1-2H3. The van der Waals surface area contributed by atoms with E-state index >= 15 is 0 Å². The Hall–Kier alpha value is -0.620. The van der Waals surface area contributed by atoms with Gasteiger partial charge in [-0.15, -0.1) is 0 Å². The maximum absolute atomic E-state index is 5.24. The van der Waals surface area contributed by atoms with Crippen LogP contribution in [0.5, 0.6) is 0 Å². The summed E-state index contributed by atoms with van der Waals surface area (Å²) >= 11 is 3.47. The smallest absolute Gasteiger partial charge is 0.169 e. The summed E-state index contributed by atoms with van der Waals surface area (Å²) in [4.78, 5) is 4.80. The number of hydrogen-bond donors (Lipinski definition) is 0. The summed E-state index contributed by atoms with van der Waals surface area (Å²) in [6.45, 7) is 5.00. The summed E-state index contributed by atoms with van der Waals surface area (Å²) < 4.78 is 11.6. The van der Waals surface area contributed by atoms with Crippen LogP contribution in [0.25, 0.3) is 0 Å². The lowest BCUT2D eigenvalue weighted by Gasteiger charge is -2.37. The number of benzene rings is 1. The summed E-state index contributed by atoms with van der Waals surface area (Å²) in [7, 11) is 3.37. The second kappa shape index (κ2) is 7.24. The quantitative estimate of drug-likeness (QED) is 0.773. The maximum Gasteiger partial charge on any atom is 0.169 e. The predicted molar refractivity (Wildman–Crippen MR) is 80.6 cm³/mol. The van der Waals surface area contributed by atoms with Gasteiger partial charge in [-0.3, -0.25) is 4.90 Å². The molecule has 4 nitrogen and oxygen atoms in total. The first-order valence-electron chi connectivity index (χ1n) is 6.51. The Morgan fingerprint density at radius 2 is 1.63 bits per heavy atom. The molecule has 0 aliphatic carbocycles. The van der Waals surface area contributed by atoms with Gasteiger partial charge in [0, 0.05) is 57.1 Å². The van der Waals surface area contributed by atoms with E-state index in [2.05, 4.69) is 50.0 Å². The Kier molecular flexibility index (Phi) is 5.63. The van der Waals surface area contributed by atoms with Gasteiger partial charge in [0.05, 0.1) is 0 Å². The van der Waals surface area contributed by atoms with E-state index in [1.54, 1.807) is 14.2 Å². The fraction of sp³-hybridized carbons (Fsp3) is 0.571. The highest BCUT2D eigenvalue weighted by Gasteiger charge is 2.19. The number of anilines is 1. The van der Waals surface area contributed by atoms with E-state index in [0.29, 0.717) is 0 Å². The zero-order valence-electron chi connectivity index (χ0n) is 11.5. The lowest BCUT2D eigenvalue weighted by molar-refractivity contribution is -0.116. The van der Waals surface area contributed by atoms with Gasteiger partial charge in [-0.1, -0.05) is 15.9 Å². The summed E-state index contributed by atoms with van der Waals surface area (Å²) in [5.41, 5.74) is 1.29. The van der Waals surface area contributed by atoms with Crippen molar-refractivity contribution in [1.82, 2.24) is 4.90 Å². The molecule has 1 heterocycles. The molecular weight excluding hydrogens is 308 g/mol. The fourth-order valence-corrected chi connectivity index (χ4v) is 2.56. The minimum atomic E-state index is -0.126. The lowest BCUT2D eigenvalue weighted by Crippen LogP contribution is -2.49. The molecule has 1 saturated heterocycles. The number of rotatable bonds is 5. The molecule has 0 aromatic heterocycles.